The molecule has 0 radical (unpaired) electrons. The Bertz CT molecular complexity index is 445. The van der Waals surface area contributed by atoms with E-state index in [2.05, 4.69) is 15.7 Å². The molecule has 0 fully saturated rings. The standard InChI is InChI=1S/C10H8O2Se/c1-12-10(11)8-3-2-7-4-5-13-9(7)6-8/h2-6H,1H3. The van der Waals surface area contributed by atoms with Gasteiger partial charge >= 0.3 is 81.5 Å². The Hall–Kier alpha value is -1.05. The van der Waals surface area contributed by atoms with Gasteiger partial charge in [0.15, 0.2) is 0 Å². The Balaban J connectivity index is 2.54. The fraction of sp³-hybridized carbons (Fsp3) is 0.100. The Morgan fingerprint density at radius 1 is 1.38 bits per heavy atom. The summed E-state index contributed by atoms with van der Waals surface area (Å²) in [4.78, 5) is 13.3. The van der Waals surface area contributed by atoms with Gasteiger partial charge < -0.3 is 0 Å². The number of fused-ring (bicyclic) bond motifs is 1. The Morgan fingerprint density at radius 3 is 3.00 bits per heavy atom. The zero-order valence-electron chi connectivity index (χ0n) is 7.11. The van der Waals surface area contributed by atoms with E-state index in [1.54, 1.807) is 6.07 Å². The predicted octanol–water partition coefficient (Wildman–Crippen LogP) is 1.68. The minimum absolute atomic E-state index is 0.259. The van der Waals surface area contributed by atoms with E-state index in [1.165, 1.54) is 16.8 Å². The number of benzene rings is 1. The van der Waals surface area contributed by atoms with Crippen molar-refractivity contribution in [3.8, 4) is 0 Å². The number of ether oxygens (including phenoxy) is 1. The van der Waals surface area contributed by atoms with Gasteiger partial charge in [0.1, 0.15) is 0 Å². The van der Waals surface area contributed by atoms with Crippen LogP contribution in [-0.2, 0) is 4.74 Å². The first-order valence-corrected chi connectivity index (χ1v) is 5.71. The van der Waals surface area contributed by atoms with E-state index in [1.807, 2.05) is 12.1 Å². The molecule has 0 saturated carbocycles. The van der Waals surface area contributed by atoms with Crippen molar-refractivity contribution < 1.29 is 9.53 Å². The van der Waals surface area contributed by atoms with Gasteiger partial charge in [0, 0.05) is 0 Å². The molecule has 2 rings (SSSR count). The van der Waals surface area contributed by atoms with Gasteiger partial charge in [-0.05, 0) is 0 Å². The van der Waals surface area contributed by atoms with Crippen LogP contribution >= 0.6 is 0 Å². The molecule has 1 heterocycles. The first-order valence-electron chi connectivity index (χ1n) is 3.87. The van der Waals surface area contributed by atoms with Crippen LogP contribution in [0.1, 0.15) is 10.4 Å². The molecular weight excluding hydrogens is 231 g/mol. The van der Waals surface area contributed by atoms with Crippen LogP contribution in [0.25, 0.3) is 9.65 Å². The molecular formula is C10H8O2Se. The van der Waals surface area contributed by atoms with Crippen molar-refractivity contribution in [2.45, 2.75) is 0 Å². The van der Waals surface area contributed by atoms with Gasteiger partial charge in [-0.25, -0.2) is 0 Å². The molecule has 0 saturated heterocycles. The maximum atomic E-state index is 11.2. The van der Waals surface area contributed by atoms with E-state index in [9.17, 15) is 4.79 Å². The number of carbonyl (C=O) groups is 1. The monoisotopic (exact) mass is 240 g/mol. The average molecular weight is 239 g/mol. The molecule has 1 aromatic carbocycles. The number of carbonyl (C=O) groups excluding carboxylic acids is 1. The third kappa shape index (κ3) is 1.53. The topological polar surface area (TPSA) is 26.3 Å². The van der Waals surface area contributed by atoms with E-state index in [-0.39, 0.29) is 5.97 Å². The van der Waals surface area contributed by atoms with Crippen molar-refractivity contribution in [3.05, 3.63) is 34.8 Å². The fourth-order valence-corrected chi connectivity index (χ4v) is 2.94. The summed E-state index contributed by atoms with van der Waals surface area (Å²) >= 11 is 0.388. The normalized spacial score (nSPS) is 10.2. The summed E-state index contributed by atoms with van der Waals surface area (Å²) in [6, 6.07) is 7.78. The molecule has 0 unspecified atom stereocenters. The molecule has 66 valence electrons. The Morgan fingerprint density at radius 2 is 2.23 bits per heavy atom. The maximum absolute atomic E-state index is 11.2. The van der Waals surface area contributed by atoms with E-state index < -0.39 is 0 Å². The van der Waals surface area contributed by atoms with Crippen LogP contribution in [-0.4, -0.2) is 27.6 Å². The molecule has 13 heavy (non-hydrogen) atoms. The molecule has 0 aliphatic rings. The van der Waals surface area contributed by atoms with E-state index in [4.69, 9.17) is 0 Å². The van der Waals surface area contributed by atoms with Gasteiger partial charge in [-0.1, -0.05) is 0 Å². The second-order valence-electron chi connectivity index (χ2n) is 2.66. The van der Waals surface area contributed by atoms with Crippen LogP contribution in [0.4, 0.5) is 0 Å². The summed E-state index contributed by atoms with van der Waals surface area (Å²) in [6.07, 6.45) is 0. The van der Waals surface area contributed by atoms with Crippen molar-refractivity contribution in [1.29, 1.82) is 0 Å². The zero-order chi connectivity index (χ0) is 9.26. The summed E-state index contributed by atoms with van der Waals surface area (Å²) < 4.78 is 5.90. The van der Waals surface area contributed by atoms with Crippen LogP contribution in [0.5, 0.6) is 0 Å². The molecule has 0 aliphatic carbocycles. The van der Waals surface area contributed by atoms with Crippen LogP contribution in [0, 0.1) is 0 Å². The zero-order valence-corrected chi connectivity index (χ0v) is 8.82. The second kappa shape index (κ2) is 3.36. The first-order chi connectivity index (χ1) is 6.31. The van der Waals surface area contributed by atoms with Gasteiger partial charge in [0.05, 0.1) is 0 Å². The summed E-state index contributed by atoms with van der Waals surface area (Å²) in [5.41, 5.74) is 0.645. The molecule has 0 spiro atoms. The number of hydrogen-bond acceptors (Lipinski definition) is 2. The summed E-state index contributed by atoms with van der Waals surface area (Å²) in [5, 5.41) is 1.23. The van der Waals surface area contributed by atoms with Gasteiger partial charge in [0.2, 0.25) is 0 Å². The predicted molar refractivity (Wildman–Crippen MR) is 52.2 cm³/mol. The molecule has 0 atom stereocenters. The Labute approximate surface area is 81.9 Å². The third-order valence-corrected chi connectivity index (χ3v) is 3.72. The summed E-state index contributed by atoms with van der Waals surface area (Å²) in [6.45, 7) is 0. The first kappa shape index (κ1) is 8.54. The van der Waals surface area contributed by atoms with Gasteiger partial charge in [-0.3, -0.25) is 0 Å². The number of methoxy groups -OCH3 is 1. The third-order valence-electron chi connectivity index (χ3n) is 1.88. The van der Waals surface area contributed by atoms with Gasteiger partial charge in [0.25, 0.3) is 0 Å². The number of rotatable bonds is 1. The molecule has 1 aromatic heterocycles. The SMILES string of the molecule is COC(=O)c1ccc2cc[se]c2c1. The molecule has 0 aliphatic heterocycles. The Kier molecular flexibility index (Phi) is 2.21. The van der Waals surface area contributed by atoms with Crippen LogP contribution in [0.15, 0.2) is 29.2 Å². The van der Waals surface area contributed by atoms with Crippen LogP contribution in [0.3, 0.4) is 0 Å². The average Bonchev–Trinajstić information content (AvgIpc) is 2.63. The molecule has 0 N–H and O–H groups in total. The van der Waals surface area contributed by atoms with Crippen molar-refractivity contribution in [2.24, 2.45) is 0 Å². The van der Waals surface area contributed by atoms with Crippen LogP contribution in [0.2, 0.25) is 0 Å². The quantitative estimate of drug-likeness (QED) is 0.559. The number of esters is 1. The van der Waals surface area contributed by atoms with E-state index in [0.29, 0.717) is 20.1 Å². The van der Waals surface area contributed by atoms with Gasteiger partial charge in [-0.2, -0.15) is 0 Å². The molecule has 0 amide bonds. The van der Waals surface area contributed by atoms with Crippen molar-refractivity contribution in [3.63, 3.8) is 0 Å². The second-order valence-corrected chi connectivity index (χ2v) is 4.65. The molecule has 0 bridgehead atoms. The number of hydrogen-bond donors (Lipinski definition) is 0. The van der Waals surface area contributed by atoms with Crippen molar-refractivity contribution >= 4 is 30.1 Å². The van der Waals surface area contributed by atoms with Crippen LogP contribution < -0.4 is 0 Å². The summed E-state index contributed by atoms with van der Waals surface area (Å²) in [5.74, 6) is -0.259. The van der Waals surface area contributed by atoms with E-state index in [0.717, 1.165) is 0 Å². The minimum atomic E-state index is -0.259. The molecule has 2 nitrogen and oxygen atoms in total. The van der Waals surface area contributed by atoms with E-state index >= 15 is 0 Å². The molecule has 2 aromatic rings. The fourth-order valence-electron chi connectivity index (χ4n) is 1.20. The van der Waals surface area contributed by atoms with Gasteiger partial charge in [-0.15, -0.1) is 0 Å². The van der Waals surface area contributed by atoms with Crippen molar-refractivity contribution in [2.75, 3.05) is 7.11 Å². The van der Waals surface area contributed by atoms with Crippen molar-refractivity contribution in [1.82, 2.24) is 0 Å². The molecule has 3 heteroatoms. The summed E-state index contributed by atoms with van der Waals surface area (Å²) in [7, 11) is 1.40.